The molecule has 0 aromatic rings. The van der Waals surface area contributed by atoms with Crippen molar-refractivity contribution < 1.29 is 9.84 Å². The van der Waals surface area contributed by atoms with E-state index in [1.54, 1.807) is 6.08 Å². The van der Waals surface area contributed by atoms with Gasteiger partial charge in [-0.05, 0) is 13.0 Å². The van der Waals surface area contributed by atoms with Gasteiger partial charge < -0.3 is 9.84 Å². The Morgan fingerprint density at radius 2 is 2.50 bits per heavy atom. The summed E-state index contributed by atoms with van der Waals surface area (Å²) in [4.78, 5) is 0. The summed E-state index contributed by atoms with van der Waals surface area (Å²) in [5.74, 6) is 0. The minimum absolute atomic E-state index is 0.0186. The number of allylic oxidation sites excluding steroid dienone is 1. The molecule has 10 heavy (non-hydrogen) atoms. The molecule has 0 spiro atoms. The van der Waals surface area contributed by atoms with E-state index < -0.39 is 0 Å². The first-order valence-corrected chi connectivity index (χ1v) is 3.10. The van der Waals surface area contributed by atoms with E-state index in [9.17, 15) is 0 Å². The zero-order valence-electron chi connectivity index (χ0n) is 5.95. The van der Waals surface area contributed by atoms with Gasteiger partial charge in [-0.3, -0.25) is 0 Å². The predicted molar refractivity (Wildman–Crippen MR) is 37.3 cm³/mol. The fraction of sp³-hybridized carbons (Fsp3) is 0.571. The molecule has 1 atom stereocenters. The van der Waals surface area contributed by atoms with Crippen molar-refractivity contribution in [3.63, 3.8) is 0 Å². The van der Waals surface area contributed by atoms with E-state index >= 15 is 0 Å². The summed E-state index contributed by atoms with van der Waals surface area (Å²) in [6.45, 7) is 2.14. The lowest BCUT2D eigenvalue weighted by molar-refractivity contribution is 0.0641. The summed E-state index contributed by atoms with van der Waals surface area (Å²) in [6.07, 6.45) is 2.91. The van der Waals surface area contributed by atoms with Crippen molar-refractivity contribution in [2.75, 3.05) is 13.2 Å². The fourth-order valence-electron chi connectivity index (χ4n) is 0.473. The Hall–Kier alpha value is -0.850. The number of nitriles is 1. The van der Waals surface area contributed by atoms with E-state index in [0.717, 1.165) is 0 Å². The summed E-state index contributed by atoms with van der Waals surface area (Å²) < 4.78 is 5.01. The van der Waals surface area contributed by atoms with Crippen molar-refractivity contribution >= 4 is 0 Å². The van der Waals surface area contributed by atoms with E-state index in [1.807, 2.05) is 13.0 Å². The summed E-state index contributed by atoms with van der Waals surface area (Å²) in [6, 6.07) is 1.85. The van der Waals surface area contributed by atoms with E-state index in [1.165, 1.54) is 6.08 Å². The third-order valence-electron chi connectivity index (χ3n) is 0.914. The molecule has 0 aromatic carbocycles. The van der Waals surface area contributed by atoms with Crippen LogP contribution in [0.3, 0.4) is 0 Å². The normalized spacial score (nSPS) is 13.3. The quantitative estimate of drug-likeness (QED) is 0.579. The number of hydrogen-bond donors (Lipinski definition) is 1. The van der Waals surface area contributed by atoms with Crippen molar-refractivity contribution in [3.8, 4) is 6.07 Å². The molecule has 0 fully saturated rings. The van der Waals surface area contributed by atoms with E-state index in [4.69, 9.17) is 15.1 Å². The van der Waals surface area contributed by atoms with Crippen LogP contribution < -0.4 is 0 Å². The molecule has 0 aromatic heterocycles. The number of aliphatic hydroxyl groups is 1. The Bertz CT molecular complexity index is 137. The van der Waals surface area contributed by atoms with Crippen LogP contribution in [0.4, 0.5) is 0 Å². The van der Waals surface area contributed by atoms with Gasteiger partial charge in [0.2, 0.25) is 0 Å². The number of hydrogen-bond acceptors (Lipinski definition) is 3. The van der Waals surface area contributed by atoms with Gasteiger partial charge in [-0.25, -0.2) is 0 Å². The second kappa shape index (κ2) is 6.27. The highest BCUT2D eigenvalue weighted by molar-refractivity contribution is 5.03. The molecule has 0 radical (unpaired) electrons. The molecule has 0 saturated heterocycles. The van der Waals surface area contributed by atoms with Gasteiger partial charge in [-0.2, -0.15) is 5.26 Å². The molecular weight excluding hydrogens is 130 g/mol. The zero-order valence-corrected chi connectivity index (χ0v) is 5.95. The van der Waals surface area contributed by atoms with Gasteiger partial charge >= 0.3 is 0 Å². The first-order valence-electron chi connectivity index (χ1n) is 3.10. The van der Waals surface area contributed by atoms with Crippen LogP contribution >= 0.6 is 0 Å². The molecule has 0 amide bonds. The lowest BCUT2D eigenvalue weighted by atomic mass is 10.3. The SMILES string of the molecule is C[C@@H](/C=C/C#N)OCCO. The Labute approximate surface area is 60.5 Å². The number of rotatable bonds is 4. The van der Waals surface area contributed by atoms with Gasteiger partial charge in [0.05, 0.1) is 25.4 Å². The van der Waals surface area contributed by atoms with Crippen LogP contribution in [0.1, 0.15) is 6.92 Å². The largest absolute Gasteiger partial charge is 0.394 e. The molecule has 0 saturated carbocycles. The summed E-state index contributed by atoms with van der Waals surface area (Å²) in [7, 11) is 0. The molecule has 0 aliphatic heterocycles. The summed E-state index contributed by atoms with van der Waals surface area (Å²) in [5, 5.41) is 16.4. The Morgan fingerprint density at radius 1 is 1.80 bits per heavy atom. The molecule has 1 N–H and O–H groups in total. The van der Waals surface area contributed by atoms with Crippen LogP contribution in [0.5, 0.6) is 0 Å². The van der Waals surface area contributed by atoms with Crippen LogP contribution in [0, 0.1) is 11.3 Å². The second-order valence-electron chi connectivity index (χ2n) is 1.79. The maximum atomic E-state index is 8.33. The molecular formula is C7H11NO2. The van der Waals surface area contributed by atoms with Crippen molar-refractivity contribution in [1.29, 1.82) is 5.26 Å². The highest BCUT2D eigenvalue weighted by Crippen LogP contribution is 1.90. The first kappa shape index (κ1) is 9.15. The number of nitrogens with zero attached hydrogens (tertiary/aromatic N) is 1. The fourth-order valence-corrected chi connectivity index (χ4v) is 0.473. The first-order chi connectivity index (χ1) is 4.81. The lowest BCUT2D eigenvalue weighted by Crippen LogP contribution is -2.07. The van der Waals surface area contributed by atoms with Crippen LogP contribution in [0.15, 0.2) is 12.2 Å². The smallest absolute Gasteiger partial charge is 0.0909 e. The van der Waals surface area contributed by atoms with Crippen molar-refractivity contribution in [2.24, 2.45) is 0 Å². The van der Waals surface area contributed by atoms with Gasteiger partial charge in [-0.1, -0.05) is 0 Å². The highest BCUT2D eigenvalue weighted by atomic mass is 16.5. The van der Waals surface area contributed by atoms with E-state index in [2.05, 4.69) is 0 Å². The predicted octanol–water partition coefficient (Wildman–Crippen LogP) is 0.464. The van der Waals surface area contributed by atoms with Crippen LogP contribution in [-0.4, -0.2) is 24.4 Å². The zero-order chi connectivity index (χ0) is 7.82. The molecule has 0 heterocycles. The van der Waals surface area contributed by atoms with E-state index in [-0.39, 0.29) is 12.7 Å². The maximum Gasteiger partial charge on any atom is 0.0909 e. The van der Waals surface area contributed by atoms with E-state index in [0.29, 0.717) is 6.61 Å². The average molecular weight is 141 g/mol. The van der Waals surface area contributed by atoms with Gasteiger partial charge in [0.25, 0.3) is 0 Å². The summed E-state index contributed by atoms with van der Waals surface area (Å²) >= 11 is 0. The second-order valence-corrected chi connectivity index (χ2v) is 1.79. The molecule has 0 rings (SSSR count). The minimum atomic E-state index is -0.0909. The Kier molecular flexibility index (Phi) is 5.74. The molecule has 56 valence electrons. The molecule has 0 aliphatic carbocycles. The Balaban J connectivity index is 3.35. The van der Waals surface area contributed by atoms with Crippen molar-refractivity contribution in [3.05, 3.63) is 12.2 Å². The monoisotopic (exact) mass is 141 g/mol. The number of ether oxygens (including phenoxy) is 1. The van der Waals surface area contributed by atoms with Crippen LogP contribution in [0.25, 0.3) is 0 Å². The van der Waals surface area contributed by atoms with Gasteiger partial charge in [-0.15, -0.1) is 0 Å². The van der Waals surface area contributed by atoms with Gasteiger partial charge in [0.15, 0.2) is 0 Å². The number of aliphatic hydroxyl groups excluding tert-OH is 1. The third-order valence-corrected chi connectivity index (χ3v) is 0.914. The molecule has 0 bridgehead atoms. The van der Waals surface area contributed by atoms with Gasteiger partial charge in [0.1, 0.15) is 0 Å². The minimum Gasteiger partial charge on any atom is -0.394 e. The van der Waals surface area contributed by atoms with Gasteiger partial charge in [0, 0.05) is 6.08 Å². The molecule has 3 nitrogen and oxygen atoms in total. The third kappa shape index (κ3) is 5.29. The standard InChI is InChI=1S/C7H11NO2/c1-7(3-2-4-8)10-6-5-9/h2-3,7,9H,5-6H2,1H3/b3-2+/t7-/m0/s1. The molecule has 3 heteroatoms. The average Bonchev–Trinajstić information content (AvgIpc) is 1.97. The maximum absolute atomic E-state index is 8.33. The van der Waals surface area contributed by atoms with Crippen molar-refractivity contribution in [1.82, 2.24) is 0 Å². The lowest BCUT2D eigenvalue weighted by Gasteiger charge is -2.04. The highest BCUT2D eigenvalue weighted by Gasteiger charge is 1.93. The summed E-state index contributed by atoms with van der Waals surface area (Å²) in [5.41, 5.74) is 0. The molecule has 0 unspecified atom stereocenters. The van der Waals surface area contributed by atoms with Crippen LogP contribution in [0.2, 0.25) is 0 Å². The topological polar surface area (TPSA) is 53.2 Å². The van der Waals surface area contributed by atoms with Crippen LogP contribution in [-0.2, 0) is 4.74 Å². The molecule has 0 aliphatic rings. The Morgan fingerprint density at radius 3 is 3.00 bits per heavy atom. The van der Waals surface area contributed by atoms with Crippen molar-refractivity contribution in [2.45, 2.75) is 13.0 Å².